The van der Waals surface area contributed by atoms with Crippen molar-refractivity contribution >= 4 is 52.2 Å². The van der Waals surface area contributed by atoms with Gasteiger partial charge in [0.25, 0.3) is 11.4 Å². The van der Waals surface area contributed by atoms with Crippen molar-refractivity contribution in [3.05, 3.63) is 79.9 Å². The van der Waals surface area contributed by atoms with Crippen LogP contribution in [0.4, 0.5) is 21.0 Å². The van der Waals surface area contributed by atoms with E-state index < -0.39 is 22.0 Å². The highest BCUT2D eigenvalue weighted by atomic mass is 32.2. The van der Waals surface area contributed by atoms with Gasteiger partial charge in [-0.2, -0.15) is 11.8 Å². The van der Waals surface area contributed by atoms with Crippen LogP contribution in [-0.2, 0) is 27.5 Å². The third-order valence-corrected chi connectivity index (χ3v) is 9.36. The van der Waals surface area contributed by atoms with Gasteiger partial charge in [-0.1, -0.05) is 11.8 Å². The number of hydrogen-bond donors (Lipinski definition) is 0. The Kier molecular flexibility index (Phi) is 10.6. The number of likely N-dealkylation sites (tertiary alicyclic amines) is 1. The average Bonchev–Trinajstić information content (AvgIpc) is 3.22. The minimum absolute atomic E-state index is 0.00181. The SMILES string of the molecule is CC(=O)S[C@H]1C[C@@H](C2CCN(C(=O)OCc3ccc([N+](=O)[O-])cc3)CCS2)N(C(=O)OCc2ccc([N+](=O)[O-])cc2)C1. The first-order valence-electron chi connectivity index (χ1n) is 13.2. The number of carbonyl (C=O) groups excluding carboxylic acids is 3. The Morgan fingerprint density at radius 3 is 1.98 bits per heavy atom. The smallest absolute Gasteiger partial charge is 0.410 e. The molecule has 0 aromatic heterocycles. The van der Waals surface area contributed by atoms with E-state index in [4.69, 9.17) is 9.47 Å². The van der Waals surface area contributed by atoms with Gasteiger partial charge < -0.3 is 19.3 Å². The van der Waals surface area contributed by atoms with Gasteiger partial charge in [-0.05, 0) is 48.2 Å². The predicted octanol–water partition coefficient (Wildman–Crippen LogP) is 5.01. The summed E-state index contributed by atoms with van der Waals surface area (Å²) in [4.78, 5) is 61.8. The number of hydrogen-bond acceptors (Lipinski definition) is 11. The van der Waals surface area contributed by atoms with Crippen LogP contribution in [0.15, 0.2) is 48.5 Å². The second kappa shape index (κ2) is 14.4. The van der Waals surface area contributed by atoms with Gasteiger partial charge in [-0.3, -0.25) is 25.0 Å². The fourth-order valence-corrected chi connectivity index (χ4v) is 7.26. The zero-order chi connectivity index (χ0) is 30.2. The molecule has 0 aliphatic carbocycles. The third kappa shape index (κ3) is 8.35. The predicted molar refractivity (Wildman–Crippen MR) is 156 cm³/mol. The molecular weight excluding hydrogens is 588 g/mol. The van der Waals surface area contributed by atoms with Crippen molar-refractivity contribution in [1.82, 2.24) is 9.80 Å². The van der Waals surface area contributed by atoms with Crippen LogP contribution in [-0.4, -0.2) is 78.9 Å². The van der Waals surface area contributed by atoms with Crippen LogP contribution in [0.3, 0.4) is 0 Å². The van der Waals surface area contributed by atoms with E-state index in [-0.39, 0.29) is 46.2 Å². The molecule has 2 amide bonds. The molecule has 15 heteroatoms. The maximum atomic E-state index is 13.2. The Hall–Kier alpha value is -3.85. The summed E-state index contributed by atoms with van der Waals surface area (Å²) < 4.78 is 11.0. The number of non-ortho nitro benzene ring substituents is 2. The number of rotatable bonds is 8. The van der Waals surface area contributed by atoms with Crippen molar-refractivity contribution < 1.29 is 33.7 Å². The summed E-state index contributed by atoms with van der Waals surface area (Å²) in [7, 11) is 0. The molecule has 2 saturated heterocycles. The molecule has 224 valence electrons. The monoisotopic (exact) mass is 618 g/mol. The molecule has 2 fully saturated rings. The molecule has 13 nitrogen and oxygen atoms in total. The number of nitrogens with zero attached hydrogens (tertiary/aromatic N) is 4. The lowest BCUT2D eigenvalue weighted by Crippen LogP contribution is -2.42. The van der Waals surface area contributed by atoms with Crippen molar-refractivity contribution in [3.8, 4) is 0 Å². The molecule has 2 aromatic rings. The molecule has 2 aliphatic rings. The van der Waals surface area contributed by atoms with E-state index in [1.807, 2.05) is 0 Å². The zero-order valence-corrected chi connectivity index (χ0v) is 24.4. The Balaban J connectivity index is 1.34. The highest BCUT2D eigenvalue weighted by Crippen LogP contribution is 2.36. The van der Waals surface area contributed by atoms with Crippen LogP contribution in [0, 0.1) is 20.2 Å². The van der Waals surface area contributed by atoms with Crippen LogP contribution in [0.2, 0.25) is 0 Å². The van der Waals surface area contributed by atoms with E-state index >= 15 is 0 Å². The molecule has 0 N–H and O–H groups in total. The van der Waals surface area contributed by atoms with Crippen molar-refractivity contribution in [2.45, 2.75) is 49.5 Å². The quantitative estimate of drug-likeness (QED) is 0.289. The molecule has 0 saturated carbocycles. The van der Waals surface area contributed by atoms with E-state index in [9.17, 15) is 34.6 Å². The summed E-state index contributed by atoms with van der Waals surface area (Å²) in [5.74, 6) is 0.629. The summed E-state index contributed by atoms with van der Waals surface area (Å²) in [5, 5.41) is 21.6. The number of nitro benzene ring substituents is 2. The molecule has 42 heavy (non-hydrogen) atoms. The zero-order valence-electron chi connectivity index (χ0n) is 22.8. The Morgan fingerprint density at radius 2 is 1.45 bits per heavy atom. The average molecular weight is 619 g/mol. The molecule has 4 rings (SSSR count). The van der Waals surface area contributed by atoms with Crippen LogP contribution in [0.5, 0.6) is 0 Å². The minimum Gasteiger partial charge on any atom is -0.445 e. The first-order chi connectivity index (χ1) is 20.1. The fraction of sp³-hybridized carbons (Fsp3) is 0.444. The Morgan fingerprint density at radius 1 is 0.905 bits per heavy atom. The topological polar surface area (TPSA) is 162 Å². The van der Waals surface area contributed by atoms with Gasteiger partial charge in [-0.25, -0.2) is 9.59 Å². The number of nitro groups is 2. The highest BCUT2D eigenvalue weighted by Gasteiger charge is 2.42. The number of carbonyl (C=O) groups is 3. The summed E-state index contributed by atoms with van der Waals surface area (Å²) >= 11 is 2.87. The second-order valence-corrected chi connectivity index (χ2v) is 12.7. The van der Waals surface area contributed by atoms with E-state index in [0.717, 1.165) is 0 Å². The fourth-order valence-electron chi connectivity index (χ4n) is 4.88. The highest BCUT2D eigenvalue weighted by molar-refractivity contribution is 8.14. The first-order valence-corrected chi connectivity index (χ1v) is 15.1. The van der Waals surface area contributed by atoms with Crippen LogP contribution < -0.4 is 0 Å². The van der Waals surface area contributed by atoms with Crippen LogP contribution in [0.25, 0.3) is 0 Å². The standard InChI is InChI=1S/C27H30N4O9S2/c1-18(32)42-23-14-24(29(15-23)27(34)40-17-20-4-8-22(9-5-20)31(37)38)25-10-11-28(12-13-41-25)26(33)39-16-19-2-6-21(7-3-19)30(35)36/h2-9,23-25H,10-17H2,1H3/t23-,24-,25?/m0/s1. The van der Waals surface area contributed by atoms with Gasteiger partial charge in [0.15, 0.2) is 5.12 Å². The summed E-state index contributed by atoms with van der Waals surface area (Å²) in [6, 6.07) is 11.4. The molecule has 0 spiro atoms. The molecule has 0 radical (unpaired) electrons. The maximum absolute atomic E-state index is 13.2. The lowest BCUT2D eigenvalue weighted by molar-refractivity contribution is -0.385. The third-order valence-electron chi connectivity index (χ3n) is 6.96. The van der Waals surface area contributed by atoms with E-state index in [2.05, 4.69) is 0 Å². The number of ether oxygens (including phenoxy) is 2. The van der Waals surface area contributed by atoms with Gasteiger partial charge >= 0.3 is 12.2 Å². The van der Waals surface area contributed by atoms with Gasteiger partial charge in [0.2, 0.25) is 0 Å². The van der Waals surface area contributed by atoms with Crippen molar-refractivity contribution in [1.29, 1.82) is 0 Å². The molecule has 2 aromatic carbocycles. The van der Waals surface area contributed by atoms with Gasteiger partial charge in [0.05, 0.1) is 9.85 Å². The molecular formula is C27H30N4O9S2. The molecule has 2 heterocycles. The largest absolute Gasteiger partial charge is 0.445 e. The summed E-state index contributed by atoms with van der Waals surface area (Å²) in [5.41, 5.74) is 1.16. The second-order valence-electron chi connectivity index (χ2n) is 9.83. The molecule has 2 aliphatic heterocycles. The molecule has 1 unspecified atom stereocenters. The normalized spacial score (nSPS) is 20.5. The molecule has 3 atom stereocenters. The van der Waals surface area contributed by atoms with Crippen molar-refractivity contribution in [3.63, 3.8) is 0 Å². The van der Waals surface area contributed by atoms with Gasteiger partial charge in [-0.15, -0.1) is 0 Å². The number of amides is 2. The van der Waals surface area contributed by atoms with Gasteiger partial charge in [0, 0.05) is 73.1 Å². The maximum Gasteiger partial charge on any atom is 0.410 e. The van der Waals surface area contributed by atoms with Gasteiger partial charge in [0.1, 0.15) is 13.2 Å². The Bertz CT molecular complexity index is 1310. The number of thioether (sulfide) groups is 2. The van der Waals surface area contributed by atoms with E-state index in [1.165, 1.54) is 55.1 Å². The van der Waals surface area contributed by atoms with Crippen LogP contribution in [0.1, 0.15) is 30.9 Å². The van der Waals surface area contributed by atoms with E-state index in [0.29, 0.717) is 49.4 Å². The molecule has 0 bridgehead atoms. The van der Waals surface area contributed by atoms with Crippen molar-refractivity contribution in [2.24, 2.45) is 0 Å². The summed E-state index contributed by atoms with van der Waals surface area (Å²) in [6.07, 6.45) is 0.213. The lowest BCUT2D eigenvalue weighted by Gasteiger charge is -2.30. The lowest BCUT2D eigenvalue weighted by atomic mass is 10.1. The van der Waals surface area contributed by atoms with Crippen molar-refractivity contribution in [2.75, 3.05) is 25.4 Å². The number of benzene rings is 2. The first kappa shape index (κ1) is 31.1. The van der Waals surface area contributed by atoms with Crippen LogP contribution >= 0.6 is 23.5 Å². The van der Waals surface area contributed by atoms with E-state index in [1.54, 1.807) is 33.7 Å². The Labute approximate surface area is 250 Å². The summed E-state index contributed by atoms with van der Waals surface area (Å²) in [6.45, 7) is 2.68. The minimum atomic E-state index is -0.519.